The minimum Gasteiger partial charge on any atom is -0.309 e. The molecule has 0 aliphatic heterocycles. The van der Waals surface area contributed by atoms with E-state index >= 15 is 0 Å². The summed E-state index contributed by atoms with van der Waals surface area (Å²) in [6, 6.07) is 55.2. The van der Waals surface area contributed by atoms with E-state index in [4.69, 9.17) is 0 Å². The van der Waals surface area contributed by atoms with Crippen LogP contribution in [-0.4, -0.2) is 9.13 Å². The number of fused-ring (bicyclic) bond motifs is 10. The molecule has 0 aliphatic carbocycles. The second-order valence-electron chi connectivity index (χ2n) is 12.3. The quantitative estimate of drug-likeness (QED) is 0.193. The molecule has 0 spiro atoms. The largest absolute Gasteiger partial charge is 0.309 e. The number of nitriles is 2. The molecule has 0 aliphatic rings. The smallest absolute Gasteiger partial charge is 0.0992 e. The first-order chi connectivity index (χ1) is 24.2. The molecule has 0 saturated heterocycles. The maximum absolute atomic E-state index is 10.1. The summed E-state index contributed by atoms with van der Waals surface area (Å²) < 4.78 is 7.09. The highest BCUT2D eigenvalue weighted by atomic mass is 32.1. The number of thiophene rings is 1. The van der Waals surface area contributed by atoms with Crippen molar-refractivity contribution in [3.8, 4) is 34.6 Å². The number of benzene rings is 7. The molecule has 7 aromatic carbocycles. The lowest BCUT2D eigenvalue weighted by atomic mass is 9.99. The molecule has 0 unspecified atom stereocenters. The number of rotatable bonds is 3. The van der Waals surface area contributed by atoms with Crippen molar-refractivity contribution in [3.05, 3.63) is 157 Å². The Morgan fingerprint density at radius 1 is 0.429 bits per heavy atom. The molecule has 0 N–H and O–H groups in total. The van der Waals surface area contributed by atoms with Crippen LogP contribution in [0.15, 0.2) is 146 Å². The van der Waals surface area contributed by atoms with Gasteiger partial charge in [-0.25, -0.2) is 0 Å². The average Bonchev–Trinajstić information content (AvgIpc) is 3.82. The highest BCUT2D eigenvalue weighted by Crippen LogP contribution is 2.47. The third kappa shape index (κ3) is 3.88. The molecule has 0 saturated carbocycles. The van der Waals surface area contributed by atoms with Crippen LogP contribution >= 0.6 is 11.3 Å². The second-order valence-corrected chi connectivity index (χ2v) is 13.4. The first-order valence-corrected chi connectivity index (χ1v) is 17.0. The summed E-state index contributed by atoms with van der Waals surface area (Å²) in [6.45, 7) is 0. The van der Waals surface area contributed by atoms with Gasteiger partial charge in [-0.1, -0.05) is 84.9 Å². The molecule has 10 aromatic rings. The zero-order valence-electron chi connectivity index (χ0n) is 26.1. The molecule has 3 heterocycles. The highest BCUT2D eigenvalue weighted by molar-refractivity contribution is 7.27. The normalized spacial score (nSPS) is 11.6. The number of nitrogens with zero attached hydrogens (tertiary/aromatic N) is 4. The third-order valence-electron chi connectivity index (χ3n) is 9.77. The molecule has 4 nitrogen and oxygen atoms in total. The van der Waals surface area contributed by atoms with Crippen molar-refractivity contribution in [3.63, 3.8) is 0 Å². The maximum atomic E-state index is 10.1. The van der Waals surface area contributed by atoms with Gasteiger partial charge in [-0.2, -0.15) is 10.5 Å². The van der Waals surface area contributed by atoms with Gasteiger partial charge in [0.2, 0.25) is 0 Å². The van der Waals surface area contributed by atoms with Crippen molar-refractivity contribution in [1.29, 1.82) is 10.5 Å². The Hall–Kier alpha value is -6.66. The van der Waals surface area contributed by atoms with E-state index in [1.54, 1.807) is 0 Å². The van der Waals surface area contributed by atoms with Crippen molar-refractivity contribution in [2.45, 2.75) is 0 Å². The van der Waals surface area contributed by atoms with Crippen molar-refractivity contribution < 1.29 is 0 Å². The van der Waals surface area contributed by atoms with Crippen LogP contribution in [0.4, 0.5) is 0 Å². The van der Waals surface area contributed by atoms with Gasteiger partial charge in [0.25, 0.3) is 0 Å². The Morgan fingerprint density at radius 3 is 1.88 bits per heavy atom. The van der Waals surface area contributed by atoms with E-state index in [0.717, 1.165) is 44.3 Å². The van der Waals surface area contributed by atoms with E-state index in [-0.39, 0.29) is 0 Å². The number of hydrogen-bond acceptors (Lipinski definition) is 3. The molecule has 0 amide bonds. The molecular weight excluding hydrogens is 617 g/mol. The molecule has 0 fully saturated rings. The summed E-state index contributed by atoms with van der Waals surface area (Å²) in [4.78, 5) is 0. The predicted octanol–water partition coefficient (Wildman–Crippen LogP) is 11.7. The fraction of sp³-hybridized carbons (Fsp3) is 0. The van der Waals surface area contributed by atoms with E-state index in [2.05, 4.69) is 124 Å². The molecule has 0 atom stereocenters. The Kier molecular flexibility index (Phi) is 5.84. The summed E-state index contributed by atoms with van der Waals surface area (Å²) in [7, 11) is 0. The Morgan fingerprint density at radius 2 is 1.06 bits per heavy atom. The van der Waals surface area contributed by atoms with Crippen LogP contribution in [0.3, 0.4) is 0 Å². The molecule has 10 rings (SSSR count). The van der Waals surface area contributed by atoms with Crippen LogP contribution < -0.4 is 0 Å². The van der Waals surface area contributed by atoms with Crippen LogP contribution in [-0.2, 0) is 0 Å². The third-order valence-corrected chi connectivity index (χ3v) is 11.0. The van der Waals surface area contributed by atoms with Gasteiger partial charge in [0.1, 0.15) is 0 Å². The molecule has 49 heavy (non-hydrogen) atoms. The first-order valence-electron chi connectivity index (χ1n) is 16.1. The SMILES string of the molecule is N#Cc1ccc(-c2cccc3c2sc2c3ccc3c2c2ccccc2n3-c2ccccc2)c(-n2c3ccccc3c3cc(C#N)ccc32)c1. The van der Waals surface area contributed by atoms with Gasteiger partial charge >= 0.3 is 0 Å². The maximum Gasteiger partial charge on any atom is 0.0992 e. The summed E-state index contributed by atoms with van der Waals surface area (Å²) in [5.41, 5.74) is 9.87. The van der Waals surface area contributed by atoms with Crippen molar-refractivity contribution in [2.24, 2.45) is 0 Å². The first kappa shape index (κ1) is 27.5. The molecule has 3 aromatic heterocycles. The lowest BCUT2D eigenvalue weighted by molar-refractivity contribution is 1.18. The van der Waals surface area contributed by atoms with Gasteiger partial charge < -0.3 is 9.13 Å². The summed E-state index contributed by atoms with van der Waals surface area (Å²) >= 11 is 1.84. The summed E-state index contributed by atoms with van der Waals surface area (Å²) in [6.07, 6.45) is 0. The van der Waals surface area contributed by atoms with Crippen LogP contribution in [0.1, 0.15) is 11.1 Å². The fourth-order valence-electron chi connectivity index (χ4n) is 7.69. The van der Waals surface area contributed by atoms with Crippen molar-refractivity contribution in [1.82, 2.24) is 9.13 Å². The molecular formula is C44H24N4S. The molecule has 0 radical (unpaired) electrons. The lowest BCUT2D eigenvalue weighted by Crippen LogP contribution is -1.98. The molecule has 226 valence electrons. The lowest BCUT2D eigenvalue weighted by Gasteiger charge is -2.15. The van der Waals surface area contributed by atoms with Gasteiger partial charge in [-0.3, -0.25) is 0 Å². The molecule has 0 bridgehead atoms. The Labute approximate surface area is 285 Å². The second kappa shape index (κ2) is 10.4. The minimum absolute atomic E-state index is 0.595. The topological polar surface area (TPSA) is 57.4 Å². The van der Waals surface area contributed by atoms with Crippen molar-refractivity contribution >= 4 is 75.1 Å². The average molecular weight is 641 g/mol. The van der Waals surface area contributed by atoms with E-state index in [0.29, 0.717) is 11.1 Å². The van der Waals surface area contributed by atoms with Crippen molar-refractivity contribution in [2.75, 3.05) is 0 Å². The number of para-hydroxylation sites is 3. The van der Waals surface area contributed by atoms with Crippen LogP contribution in [0, 0.1) is 22.7 Å². The standard InChI is InChI=1S/C44H24N4S/c45-25-27-18-21-39-36(23-27)30-11-4-6-15-37(30)48(39)41-24-28(26-46)17-19-31(41)32-13-8-14-33-34-20-22-40-42(44(34)49-43(32)33)35-12-5-7-16-38(35)47(40)29-9-2-1-3-10-29/h1-24H. The van der Waals surface area contributed by atoms with E-state index in [1.165, 1.54) is 42.0 Å². The van der Waals surface area contributed by atoms with Crippen LogP contribution in [0.2, 0.25) is 0 Å². The Balaban J connectivity index is 1.30. The number of aromatic nitrogens is 2. The minimum atomic E-state index is 0.595. The monoisotopic (exact) mass is 640 g/mol. The fourth-order valence-corrected chi connectivity index (χ4v) is 9.08. The van der Waals surface area contributed by atoms with Gasteiger partial charge in [0, 0.05) is 58.5 Å². The van der Waals surface area contributed by atoms with Gasteiger partial charge in [0.15, 0.2) is 0 Å². The van der Waals surface area contributed by atoms with E-state index in [9.17, 15) is 10.5 Å². The Bertz CT molecular complexity index is 3070. The van der Waals surface area contributed by atoms with Gasteiger partial charge in [-0.15, -0.1) is 11.3 Å². The van der Waals surface area contributed by atoms with Gasteiger partial charge in [-0.05, 0) is 60.7 Å². The zero-order valence-corrected chi connectivity index (χ0v) is 26.9. The molecule has 5 heteroatoms. The van der Waals surface area contributed by atoms with E-state index < -0.39 is 0 Å². The predicted molar refractivity (Wildman–Crippen MR) is 203 cm³/mol. The van der Waals surface area contributed by atoms with Gasteiger partial charge in [0.05, 0.1) is 51.0 Å². The zero-order chi connectivity index (χ0) is 32.6. The van der Waals surface area contributed by atoms with E-state index in [1.807, 2.05) is 53.8 Å². The van der Waals surface area contributed by atoms with Crippen LogP contribution in [0.5, 0.6) is 0 Å². The summed E-state index contributed by atoms with van der Waals surface area (Å²) in [5.74, 6) is 0. The van der Waals surface area contributed by atoms with Crippen LogP contribution in [0.25, 0.3) is 86.3 Å². The number of hydrogen-bond donors (Lipinski definition) is 0. The highest BCUT2D eigenvalue weighted by Gasteiger charge is 2.21. The summed E-state index contributed by atoms with van der Waals surface area (Å²) in [5, 5.41) is 26.8.